The fourth-order valence-corrected chi connectivity index (χ4v) is 2.72. The van der Waals surface area contributed by atoms with Crippen LogP contribution >= 0.6 is 0 Å². The van der Waals surface area contributed by atoms with E-state index in [0.29, 0.717) is 0 Å². The summed E-state index contributed by atoms with van der Waals surface area (Å²) in [5.41, 5.74) is 4.40. The molecule has 1 N–H and O–H groups in total. The van der Waals surface area contributed by atoms with Crippen LogP contribution in [0.25, 0.3) is 0 Å². The van der Waals surface area contributed by atoms with E-state index in [2.05, 4.69) is 46.2 Å². The Kier molecular flexibility index (Phi) is 3.15. The van der Waals surface area contributed by atoms with E-state index in [0.717, 1.165) is 38.3 Å². The van der Waals surface area contributed by atoms with Crippen LogP contribution in [0.3, 0.4) is 0 Å². The van der Waals surface area contributed by atoms with Crippen molar-refractivity contribution < 1.29 is 0 Å². The molecule has 0 radical (unpaired) electrons. The molecule has 3 heteroatoms. The monoisotopic (exact) mass is 241 g/mol. The Bertz CT molecular complexity index is 542. The molecule has 1 aliphatic rings. The van der Waals surface area contributed by atoms with Gasteiger partial charge in [0.1, 0.15) is 5.82 Å². The van der Waals surface area contributed by atoms with Gasteiger partial charge < -0.3 is 9.88 Å². The summed E-state index contributed by atoms with van der Waals surface area (Å²) in [6.45, 7) is 5.24. The van der Waals surface area contributed by atoms with Gasteiger partial charge in [0.15, 0.2) is 0 Å². The standard InChI is InChI=1S/C15H19N3/c1-2-18-9-8-17-15(18)10-13-5-3-4-12-6-7-16-11-14(12)13/h3-5,8-9,16H,2,6-7,10-11H2,1H3. The van der Waals surface area contributed by atoms with Crippen molar-refractivity contribution in [3.05, 3.63) is 53.1 Å². The molecule has 0 fully saturated rings. The molecule has 2 heterocycles. The van der Waals surface area contributed by atoms with Gasteiger partial charge in [-0.1, -0.05) is 18.2 Å². The molecule has 0 atom stereocenters. The zero-order valence-electron chi connectivity index (χ0n) is 10.8. The van der Waals surface area contributed by atoms with Gasteiger partial charge in [0, 0.05) is 31.9 Å². The lowest BCUT2D eigenvalue weighted by molar-refractivity contribution is 0.635. The van der Waals surface area contributed by atoms with Crippen LogP contribution < -0.4 is 5.32 Å². The predicted molar refractivity (Wildman–Crippen MR) is 72.6 cm³/mol. The molecule has 3 rings (SSSR count). The molecule has 0 aliphatic carbocycles. The molecule has 0 bridgehead atoms. The zero-order valence-corrected chi connectivity index (χ0v) is 10.8. The second-order valence-corrected chi connectivity index (χ2v) is 4.79. The summed E-state index contributed by atoms with van der Waals surface area (Å²) in [6.07, 6.45) is 6.03. The summed E-state index contributed by atoms with van der Waals surface area (Å²) in [7, 11) is 0. The number of fused-ring (bicyclic) bond motifs is 1. The van der Waals surface area contributed by atoms with Crippen LogP contribution in [0.1, 0.15) is 29.4 Å². The molecule has 0 saturated carbocycles. The minimum Gasteiger partial charge on any atom is -0.335 e. The summed E-state index contributed by atoms with van der Waals surface area (Å²) in [5.74, 6) is 1.16. The van der Waals surface area contributed by atoms with Crippen molar-refractivity contribution in [3.8, 4) is 0 Å². The van der Waals surface area contributed by atoms with E-state index in [1.165, 1.54) is 16.7 Å². The molecule has 18 heavy (non-hydrogen) atoms. The van der Waals surface area contributed by atoms with Crippen LogP contribution in [0.5, 0.6) is 0 Å². The molecule has 0 saturated heterocycles. The number of hydrogen-bond donors (Lipinski definition) is 1. The van der Waals surface area contributed by atoms with Crippen LogP contribution in [-0.4, -0.2) is 16.1 Å². The van der Waals surface area contributed by atoms with E-state index in [1.54, 1.807) is 0 Å². The predicted octanol–water partition coefficient (Wildman–Crippen LogP) is 2.14. The van der Waals surface area contributed by atoms with Crippen LogP contribution in [0, 0.1) is 0 Å². The highest BCUT2D eigenvalue weighted by atomic mass is 15.0. The zero-order chi connectivity index (χ0) is 12.4. The first-order valence-electron chi connectivity index (χ1n) is 6.69. The van der Waals surface area contributed by atoms with Gasteiger partial charge in [-0.25, -0.2) is 4.98 Å². The van der Waals surface area contributed by atoms with E-state index in [4.69, 9.17) is 0 Å². The van der Waals surface area contributed by atoms with Crippen molar-refractivity contribution in [2.45, 2.75) is 32.9 Å². The highest BCUT2D eigenvalue weighted by Gasteiger charge is 2.13. The first-order chi connectivity index (χ1) is 8.88. The van der Waals surface area contributed by atoms with Crippen LogP contribution in [0.2, 0.25) is 0 Å². The van der Waals surface area contributed by atoms with Gasteiger partial charge in [0.25, 0.3) is 0 Å². The molecule has 0 unspecified atom stereocenters. The number of aromatic nitrogens is 2. The number of benzene rings is 1. The third kappa shape index (κ3) is 2.06. The maximum Gasteiger partial charge on any atom is 0.113 e. The third-order valence-electron chi connectivity index (χ3n) is 3.73. The van der Waals surface area contributed by atoms with E-state index < -0.39 is 0 Å². The quantitative estimate of drug-likeness (QED) is 0.892. The van der Waals surface area contributed by atoms with Crippen molar-refractivity contribution in [2.24, 2.45) is 0 Å². The topological polar surface area (TPSA) is 29.9 Å². The summed E-state index contributed by atoms with van der Waals surface area (Å²) < 4.78 is 2.22. The average molecular weight is 241 g/mol. The molecule has 1 aromatic carbocycles. The van der Waals surface area contributed by atoms with E-state index >= 15 is 0 Å². The Morgan fingerprint density at radius 3 is 3.22 bits per heavy atom. The van der Waals surface area contributed by atoms with Crippen LogP contribution in [-0.2, 0) is 25.9 Å². The summed E-state index contributed by atoms with van der Waals surface area (Å²) >= 11 is 0. The first kappa shape index (κ1) is 11.5. The largest absolute Gasteiger partial charge is 0.335 e. The number of nitrogens with zero attached hydrogens (tertiary/aromatic N) is 2. The SMILES string of the molecule is CCn1ccnc1Cc1cccc2c1CNCC2. The van der Waals surface area contributed by atoms with Gasteiger partial charge in [-0.2, -0.15) is 0 Å². The fourth-order valence-electron chi connectivity index (χ4n) is 2.72. The second-order valence-electron chi connectivity index (χ2n) is 4.79. The molecule has 2 aromatic rings. The molecule has 0 spiro atoms. The van der Waals surface area contributed by atoms with Crippen molar-refractivity contribution in [2.75, 3.05) is 6.54 Å². The van der Waals surface area contributed by atoms with Crippen molar-refractivity contribution >= 4 is 0 Å². The number of rotatable bonds is 3. The Balaban J connectivity index is 1.93. The maximum atomic E-state index is 4.47. The van der Waals surface area contributed by atoms with Gasteiger partial charge in [0.05, 0.1) is 0 Å². The lowest BCUT2D eigenvalue weighted by atomic mass is 9.94. The van der Waals surface area contributed by atoms with Crippen molar-refractivity contribution in [3.63, 3.8) is 0 Å². The Labute approximate surface area is 108 Å². The summed E-state index contributed by atoms with van der Waals surface area (Å²) in [6, 6.07) is 6.67. The summed E-state index contributed by atoms with van der Waals surface area (Å²) in [5, 5.41) is 3.46. The van der Waals surface area contributed by atoms with Crippen molar-refractivity contribution in [1.29, 1.82) is 0 Å². The molecule has 1 aliphatic heterocycles. The number of hydrogen-bond acceptors (Lipinski definition) is 2. The second kappa shape index (κ2) is 4.94. The van der Waals surface area contributed by atoms with E-state index in [-0.39, 0.29) is 0 Å². The number of aryl methyl sites for hydroxylation is 1. The number of nitrogens with one attached hydrogen (secondary N) is 1. The third-order valence-corrected chi connectivity index (χ3v) is 3.73. The Morgan fingerprint density at radius 1 is 1.39 bits per heavy atom. The van der Waals surface area contributed by atoms with E-state index in [1.807, 2.05) is 6.20 Å². The van der Waals surface area contributed by atoms with Crippen LogP contribution in [0.4, 0.5) is 0 Å². The highest BCUT2D eigenvalue weighted by molar-refractivity contribution is 5.38. The summed E-state index contributed by atoms with van der Waals surface area (Å²) in [4.78, 5) is 4.47. The first-order valence-corrected chi connectivity index (χ1v) is 6.69. The van der Waals surface area contributed by atoms with Gasteiger partial charge in [-0.05, 0) is 36.6 Å². The Hall–Kier alpha value is -1.61. The smallest absolute Gasteiger partial charge is 0.113 e. The normalized spacial score (nSPS) is 14.5. The van der Waals surface area contributed by atoms with Gasteiger partial charge in [0.2, 0.25) is 0 Å². The molecular formula is C15H19N3. The molecule has 1 aromatic heterocycles. The van der Waals surface area contributed by atoms with Gasteiger partial charge in [-0.15, -0.1) is 0 Å². The molecule has 94 valence electrons. The lowest BCUT2D eigenvalue weighted by Gasteiger charge is -2.20. The molecule has 3 nitrogen and oxygen atoms in total. The molecular weight excluding hydrogens is 222 g/mol. The molecule has 0 amide bonds. The fraction of sp³-hybridized carbons (Fsp3) is 0.400. The number of imidazole rings is 1. The maximum absolute atomic E-state index is 4.47. The Morgan fingerprint density at radius 2 is 2.33 bits per heavy atom. The minimum atomic E-state index is 0.936. The van der Waals surface area contributed by atoms with Crippen LogP contribution in [0.15, 0.2) is 30.6 Å². The average Bonchev–Trinajstić information content (AvgIpc) is 2.86. The van der Waals surface area contributed by atoms with E-state index in [9.17, 15) is 0 Å². The minimum absolute atomic E-state index is 0.936. The van der Waals surface area contributed by atoms with Gasteiger partial charge in [-0.3, -0.25) is 0 Å². The lowest BCUT2D eigenvalue weighted by Crippen LogP contribution is -2.25. The highest BCUT2D eigenvalue weighted by Crippen LogP contribution is 2.20. The van der Waals surface area contributed by atoms with Gasteiger partial charge >= 0.3 is 0 Å². The van der Waals surface area contributed by atoms with Crippen molar-refractivity contribution in [1.82, 2.24) is 14.9 Å².